The van der Waals surface area contributed by atoms with E-state index < -0.39 is 0 Å². The lowest BCUT2D eigenvalue weighted by molar-refractivity contribution is 0.0937. The highest BCUT2D eigenvalue weighted by atomic mass is 16.5. The van der Waals surface area contributed by atoms with E-state index in [2.05, 4.69) is 39.6 Å². The molecule has 1 amide bonds. The van der Waals surface area contributed by atoms with Crippen molar-refractivity contribution in [2.24, 2.45) is 0 Å². The van der Waals surface area contributed by atoms with Crippen LogP contribution in [0.5, 0.6) is 0 Å². The molecule has 0 radical (unpaired) electrons. The number of hydrogen-bond acceptors (Lipinski definition) is 4. The van der Waals surface area contributed by atoms with Gasteiger partial charge >= 0.3 is 0 Å². The molecule has 0 saturated carbocycles. The van der Waals surface area contributed by atoms with Gasteiger partial charge in [0.25, 0.3) is 5.91 Å². The summed E-state index contributed by atoms with van der Waals surface area (Å²) in [5, 5.41) is 7.25. The molecule has 4 rings (SSSR count). The van der Waals surface area contributed by atoms with Crippen molar-refractivity contribution in [3.63, 3.8) is 0 Å². The molecule has 1 aromatic heterocycles. The molecule has 2 heterocycles. The summed E-state index contributed by atoms with van der Waals surface area (Å²) in [5.74, 6) is 0.395. The molecule has 0 spiro atoms. The van der Waals surface area contributed by atoms with Crippen LogP contribution in [0.4, 0.5) is 0 Å². The summed E-state index contributed by atoms with van der Waals surface area (Å²) in [5.41, 5.74) is 3.21. The lowest BCUT2D eigenvalue weighted by Gasteiger charge is -2.28. The fourth-order valence-corrected chi connectivity index (χ4v) is 3.90. The Balaban J connectivity index is 1.54. The summed E-state index contributed by atoms with van der Waals surface area (Å²) in [6.07, 6.45) is 2.42. The van der Waals surface area contributed by atoms with Crippen molar-refractivity contribution in [2.45, 2.75) is 25.8 Å². The van der Waals surface area contributed by atoms with Gasteiger partial charge in [0.05, 0.1) is 6.04 Å². The second-order valence-electron chi connectivity index (χ2n) is 7.21. The van der Waals surface area contributed by atoms with Crippen LogP contribution in [0.2, 0.25) is 0 Å². The maximum atomic E-state index is 13.0. The van der Waals surface area contributed by atoms with Crippen LogP contribution in [0.15, 0.2) is 65.2 Å². The number of carbonyl (C=O) groups is 1. The predicted molar refractivity (Wildman–Crippen MR) is 109 cm³/mol. The zero-order valence-corrected chi connectivity index (χ0v) is 16.1. The zero-order chi connectivity index (χ0) is 19.3. The Labute approximate surface area is 165 Å². The van der Waals surface area contributed by atoms with Crippen LogP contribution in [-0.4, -0.2) is 35.6 Å². The van der Waals surface area contributed by atoms with Crippen molar-refractivity contribution in [1.82, 2.24) is 15.4 Å². The molecular formula is C23H25N3O2. The number of rotatable bonds is 6. The second kappa shape index (κ2) is 8.40. The molecule has 1 saturated heterocycles. The first kappa shape index (κ1) is 18.4. The van der Waals surface area contributed by atoms with Gasteiger partial charge < -0.3 is 9.84 Å². The molecule has 2 aromatic carbocycles. The van der Waals surface area contributed by atoms with Gasteiger partial charge in [0.2, 0.25) is 0 Å². The largest absolute Gasteiger partial charge is 0.360 e. The van der Waals surface area contributed by atoms with Gasteiger partial charge in [0.1, 0.15) is 17.0 Å². The molecule has 1 unspecified atom stereocenters. The molecule has 5 nitrogen and oxygen atoms in total. The maximum Gasteiger partial charge on any atom is 0.257 e. The number of nitrogens with one attached hydrogen (secondary N) is 1. The fraction of sp³-hybridized carbons (Fsp3) is 0.304. The van der Waals surface area contributed by atoms with Crippen LogP contribution in [0.3, 0.4) is 0 Å². The number of amides is 1. The minimum Gasteiger partial charge on any atom is -0.360 e. The van der Waals surface area contributed by atoms with Crippen LogP contribution in [-0.2, 0) is 0 Å². The van der Waals surface area contributed by atoms with Gasteiger partial charge in [-0.15, -0.1) is 0 Å². The lowest BCUT2D eigenvalue weighted by Crippen LogP contribution is -2.37. The van der Waals surface area contributed by atoms with E-state index in [0.717, 1.165) is 18.7 Å². The summed E-state index contributed by atoms with van der Waals surface area (Å²) in [6.45, 7) is 4.47. The van der Waals surface area contributed by atoms with Gasteiger partial charge in [-0.2, -0.15) is 0 Å². The second-order valence-corrected chi connectivity index (χ2v) is 7.21. The standard InChI is InChI=1S/C23H25N3O2/c1-17-21(22(25-28-17)19-12-6-3-7-13-19)23(27)24-16-20(26-14-8-9-15-26)18-10-4-2-5-11-18/h2-7,10-13,20H,8-9,14-16H2,1H3,(H,24,27). The Morgan fingerprint density at radius 1 is 1.07 bits per heavy atom. The molecule has 1 atom stereocenters. The van der Waals surface area contributed by atoms with Crippen LogP contribution in [0.1, 0.15) is 40.6 Å². The average molecular weight is 375 g/mol. The molecule has 1 aliphatic rings. The van der Waals surface area contributed by atoms with E-state index >= 15 is 0 Å². The van der Waals surface area contributed by atoms with Crippen LogP contribution in [0, 0.1) is 6.92 Å². The van der Waals surface area contributed by atoms with E-state index in [0.29, 0.717) is 23.6 Å². The van der Waals surface area contributed by atoms with E-state index in [1.807, 2.05) is 36.4 Å². The highest BCUT2D eigenvalue weighted by Crippen LogP contribution is 2.27. The summed E-state index contributed by atoms with van der Waals surface area (Å²) >= 11 is 0. The third-order valence-corrected chi connectivity index (χ3v) is 5.36. The number of aryl methyl sites for hydroxylation is 1. The van der Waals surface area contributed by atoms with E-state index in [1.54, 1.807) is 6.92 Å². The van der Waals surface area contributed by atoms with Crippen molar-refractivity contribution in [1.29, 1.82) is 0 Å². The van der Waals surface area contributed by atoms with E-state index in [4.69, 9.17) is 4.52 Å². The summed E-state index contributed by atoms with van der Waals surface area (Å²) in [7, 11) is 0. The molecule has 0 aliphatic carbocycles. The normalized spacial score (nSPS) is 15.5. The predicted octanol–water partition coefficient (Wildman–Crippen LogP) is 4.22. The van der Waals surface area contributed by atoms with Gasteiger partial charge in [-0.3, -0.25) is 9.69 Å². The zero-order valence-electron chi connectivity index (χ0n) is 16.1. The van der Waals surface area contributed by atoms with Crippen molar-refractivity contribution in [2.75, 3.05) is 19.6 Å². The van der Waals surface area contributed by atoms with Crippen LogP contribution < -0.4 is 5.32 Å². The quantitative estimate of drug-likeness (QED) is 0.701. The Kier molecular flexibility index (Phi) is 5.53. The van der Waals surface area contributed by atoms with E-state index in [9.17, 15) is 4.79 Å². The number of aromatic nitrogens is 1. The van der Waals surface area contributed by atoms with E-state index in [-0.39, 0.29) is 11.9 Å². The number of benzene rings is 2. The molecule has 28 heavy (non-hydrogen) atoms. The van der Waals surface area contributed by atoms with Crippen molar-refractivity contribution >= 4 is 5.91 Å². The Hall–Kier alpha value is -2.92. The smallest absolute Gasteiger partial charge is 0.257 e. The third kappa shape index (κ3) is 3.85. The van der Waals surface area contributed by atoms with Crippen molar-refractivity contribution in [3.05, 3.63) is 77.6 Å². The van der Waals surface area contributed by atoms with Crippen LogP contribution in [0.25, 0.3) is 11.3 Å². The van der Waals surface area contributed by atoms with E-state index in [1.165, 1.54) is 18.4 Å². The molecular weight excluding hydrogens is 350 g/mol. The first-order valence-corrected chi connectivity index (χ1v) is 9.83. The lowest BCUT2D eigenvalue weighted by atomic mass is 10.0. The molecule has 1 aliphatic heterocycles. The minimum absolute atomic E-state index is 0.141. The number of likely N-dealkylation sites (tertiary alicyclic amines) is 1. The third-order valence-electron chi connectivity index (χ3n) is 5.36. The molecule has 144 valence electrons. The Bertz CT molecular complexity index is 916. The number of hydrogen-bond donors (Lipinski definition) is 1. The highest BCUT2D eigenvalue weighted by Gasteiger charge is 2.26. The van der Waals surface area contributed by atoms with Crippen molar-refractivity contribution < 1.29 is 9.32 Å². The van der Waals surface area contributed by atoms with Gasteiger partial charge in [0.15, 0.2) is 0 Å². The monoisotopic (exact) mass is 375 g/mol. The first-order chi connectivity index (χ1) is 13.7. The SMILES string of the molecule is Cc1onc(-c2ccccc2)c1C(=O)NCC(c1ccccc1)N1CCCC1. The van der Waals surface area contributed by atoms with Crippen LogP contribution >= 0.6 is 0 Å². The first-order valence-electron chi connectivity index (χ1n) is 9.83. The van der Waals surface area contributed by atoms with Gasteiger partial charge in [0, 0.05) is 12.1 Å². The van der Waals surface area contributed by atoms with Crippen molar-refractivity contribution in [3.8, 4) is 11.3 Å². The average Bonchev–Trinajstić information content (AvgIpc) is 3.39. The van der Waals surface area contributed by atoms with Gasteiger partial charge in [-0.05, 0) is 38.4 Å². The molecule has 0 bridgehead atoms. The topological polar surface area (TPSA) is 58.4 Å². The molecule has 3 aromatic rings. The summed E-state index contributed by atoms with van der Waals surface area (Å²) in [4.78, 5) is 15.5. The molecule has 1 fully saturated rings. The fourth-order valence-electron chi connectivity index (χ4n) is 3.90. The van der Waals surface area contributed by atoms with Gasteiger partial charge in [-0.25, -0.2) is 0 Å². The molecule has 1 N–H and O–H groups in total. The Morgan fingerprint density at radius 2 is 1.71 bits per heavy atom. The van der Waals surface area contributed by atoms with Gasteiger partial charge in [-0.1, -0.05) is 65.8 Å². The Morgan fingerprint density at radius 3 is 2.39 bits per heavy atom. The summed E-state index contributed by atoms with van der Waals surface area (Å²) < 4.78 is 5.34. The number of carbonyl (C=O) groups excluding carboxylic acids is 1. The molecule has 5 heteroatoms. The number of nitrogens with zero attached hydrogens (tertiary/aromatic N) is 2. The maximum absolute atomic E-state index is 13.0. The summed E-state index contributed by atoms with van der Waals surface area (Å²) in [6, 6.07) is 20.2. The minimum atomic E-state index is -0.141. The highest BCUT2D eigenvalue weighted by molar-refractivity contribution is 6.00.